The minimum absolute atomic E-state index is 0. The number of hydrogen-bond donors (Lipinski definition) is 0. The maximum atomic E-state index is 0. The summed E-state index contributed by atoms with van der Waals surface area (Å²) in [6, 6.07) is 0. The Hall–Kier alpha value is 1.12. The van der Waals surface area contributed by atoms with Gasteiger partial charge in [-0.25, -0.2) is 0 Å². The Bertz CT molecular complexity index is 10.8. The van der Waals surface area contributed by atoms with Crippen molar-refractivity contribution < 1.29 is 65.7 Å². The van der Waals surface area contributed by atoms with E-state index in [-0.39, 0.29) is 118 Å². The summed E-state index contributed by atoms with van der Waals surface area (Å²) in [4.78, 5) is 0. The zero-order valence-electron chi connectivity index (χ0n) is 7.26. The maximum absolute atomic E-state index is 0. The second-order valence-electron chi connectivity index (χ2n) is 0. The van der Waals surface area contributed by atoms with Gasteiger partial charge in [0.05, 0.1) is 0 Å². The second kappa shape index (κ2) is 2410. The standard InChI is InChI=1S/3Al.12H2O/h;;;12*1H2/q3*+3;;;;;;;;;;;;/p-9. The van der Waals surface area contributed by atoms with E-state index < -0.39 is 0 Å². The first-order chi connectivity index (χ1) is 0. The fraction of sp³-hybridized carbons (Fsp3) is 0. The monoisotopic (exact) mass is 288 g/mol. The van der Waals surface area contributed by atoms with Crippen molar-refractivity contribution in [1.29, 1.82) is 0 Å². The van der Waals surface area contributed by atoms with Gasteiger partial charge in [-0.1, -0.05) is 0 Å². The van der Waals surface area contributed by atoms with E-state index in [1.165, 1.54) is 0 Å². The van der Waals surface area contributed by atoms with E-state index in [0.717, 1.165) is 0 Å². The van der Waals surface area contributed by atoms with E-state index in [1.54, 1.807) is 0 Å². The first-order valence-electron chi connectivity index (χ1n) is 0. The molecule has 0 saturated carbocycles. The third-order valence-electron chi connectivity index (χ3n) is 0. The van der Waals surface area contributed by atoms with Crippen molar-refractivity contribution in [3.8, 4) is 0 Å². The van der Waals surface area contributed by atoms with Crippen molar-refractivity contribution in [3.05, 3.63) is 0 Å². The molecule has 0 bridgehead atoms. The fourth-order valence-electron chi connectivity index (χ4n) is 0. The van der Waals surface area contributed by atoms with Gasteiger partial charge in [0.1, 0.15) is 0 Å². The summed E-state index contributed by atoms with van der Waals surface area (Å²) in [5, 5.41) is 0. The fourth-order valence-corrected chi connectivity index (χ4v) is 0. The number of hydrogen-bond acceptors (Lipinski definition) is 9. The molecule has 0 aromatic heterocycles. The second-order valence-corrected chi connectivity index (χ2v) is 0. The topological polar surface area (TPSA) is 364 Å². The van der Waals surface area contributed by atoms with Crippen LogP contribution >= 0.6 is 0 Å². The van der Waals surface area contributed by atoms with Gasteiger partial charge < -0.3 is 65.7 Å². The van der Waals surface area contributed by atoms with Crippen molar-refractivity contribution >= 4 is 52.1 Å². The van der Waals surface area contributed by atoms with E-state index >= 15 is 0 Å². The van der Waals surface area contributed by atoms with E-state index in [2.05, 4.69) is 0 Å². The SMILES string of the molecule is O.O.O.[Al+3].[Al+3].[Al+3].[OH-].[OH-].[OH-].[OH-].[OH-].[OH-].[OH-].[OH-].[OH-]. The molecule has 0 aromatic carbocycles. The molecule has 0 unspecified atom stereocenters. The molecule has 96 valence electrons. The molecule has 0 aliphatic rings. The van der Waals surface area contributed by atoms with Crippen molar-refractivity contribution in [2.75, 3.05) is 0 Å². The Labute approximate surface area is 118 Å². The van der Waals surface area contributed by atoms with Gasteiger partial charge in [-0.05, 0) is 0 Å². The Morgan fingerprint density at radius 2 is 0.200 bits per heavy atom. The van der Waals surface area contributed by atoms with Gasteiger partial charge in [0.15, 0.2) is 0 Å². The minimum Gasteiger partial charge on any atom is -0.870 e. The molecule has 12 nitrogen and oxygen atoms in total. The van der Waals surface area contributed by atoms with Crippen molar-refractivity contribution in [1.82, 2.24) is 0 Å². The molecule has 0 spiro atoms. The normalized spacial score (nSPS) is 0. The van der Waals surface area contributed by atoms with Crippen LogP contribution in [0.15, 0.2) is 0 Å². The molecule has 0 saturated heterocycles. The molecule has 0 atom stereocenters. The van der Waals surface area contributed by atoms with Crippen LogP contribution < -0.4 is 0 Å². The van der Waals surface area contributed by atoms with Crippen LogP contribution in [0.5, 0.6) is 0 Å². The van der Waals surface area contributed by atoms with Crippen molar-refractivity contribution in [2.24, 2.45) is 0 Å². The molecule has 0 amide bonds. The van der Waals surface area contributed by atoms with Gasteiger partial charge >= 0.3 is 52.1 Å². The van der Waals surface area contributed by atoms with Gasteiger partial charge in [0.25, 0.3) is 0 Å². The third kappa shape index (κ3) is 2080. The zero-order chi connectivity index (χ0) is 0. The molecular weight excluding hydrogens is 273 g/mol. The molecule has 15 heavy (non-hydrogen) atoms. The average Bonchev–Trinajstić information content (AvgIpc) is 0. The van der Waals surface area contributed by atoms with Crippen LogP contribution in [0.4, 0.5) is 0 Å². The van der Waals surface area contributed by atoms with E-state index in [4.69, 9.17) is 0 Å². The van der Waals surface area contributed by atoms with E-state index in [0.29, 0.717) is 0 Å². The summed E-state index contributed by atoms with van der Waals surface area (Å²) < 4.78 is 0. The van der Waals surface area contributed by atoms with Crippen LogP contribution in [0.1, 0.15) is 0 Å². The molecule has 0 aliphatic heterocycles. The Morgan fingerprint density at radius 1 is 0.200 bits per heavy atom. The summed E-state index contributed by atoms with van der Waals surface area (Å²) in [5.74, 6) is 0. The first kappa shape index (κ1) is 2950. The quantitative estimate of drug-likeness (QED) is 0.383. The Morgan fingerprint density at radius 3 is 0.200 bits per heavy atom. The summed E-state index contributed by atoms with van der Waals surface area (Å²) in [6.45, 7) is 0. The molecule has 0 heterocycles. The van der Waals surface area contributed by atoms with Gasteiger partial charge in [0.2, 0.25) is 0 Å². The van der Waals surface area contributed by atoms with E-state index in [9.17, 15) is 0 Å². The van der Waals surface area contributed by atoms with Crippen LogP contribution in [0.3, 0.4) is 0 Å². The maximum Gasteiger partial charge on any atom is 3.00 e. The van der Waals surface area contributed by atoms with Gasteiger partial charge in [-0.15, -0.1) is 0 Å². The first-order valence-corrected chi connectivity index (χ1v) is 0. The predicted molar refractivity (Wildman–Crippen MR) is 45.5 cm³/mol. The summed E-state index contributed by atoms with van der Waals surface area (Å²) in [5.41, 5.74) is 0. The van der Waals surface area contributed by atoms with Crippen LogP contribution in [0, 0.1) is 0 Å². The molecule has 0 aromatic rings. The van der Waals surface area contributed by atoms with Gasteiger partial charge in [-0.2, -0.15) is 0 Å². The van der Waals surface area contributed by atoms with Crippen LogP contribution in [-0.4, -0.2) is 118 Å². The van der Waals surface area contributed by atoms with Crippen LogP contribution in [0.25, 0.3) is 0 Å². The van der Waals surface area contributed by atoms with Crippen LogP contribution in [0.2, 0.25) is 0 Å². The molecule has 0 aliphatic carbocycles. The zero-order valence-corrected chi connectivity index (χ0v) is 10.7. The van der Waals surface area contributed by atoms with Crippen molar-refractivity contribution in [2.45, 2.75) is 0 Å². The molecule has 0 rings (SSSR count). The summed E-state index contributed by atoms with van der Waals surface area (Å²) in [7, 11) is 0. The summed E-state index contributed by atoms with van der Waals surface area (Å²) >= 11 is 0. The summed E-state index contributed by atoms with van der Waals surface area (Å²) in [6.07, 6.45) is 0. The van der Waals surface area contributed by atoms with Gasteiger partial charge in [-0.3, -0.25) is 0 Å². The smallest absolute Gasteiger partial charge is 0.870 e. The minimum atomic E-state index is 0. The van der Waals surface area contributed by atoms with Crippen LogP contribution in [-0.2, 0) is 0 Å². The molecule has 0 radical (unpaired) electrons. The van der Waals surface area contributed by atoms with Crippen molar-refractivity contribution in [3.63, 3.8) is 0 Å². The largest absolute Gasteiger partial charge is 3.00 e. The average molecular weight is 288 g/mol. The molecule has 15 N–H and O–H groups in total. The molecule has 15 heteroatoms. The number of rotatable bonds is 0. The predicted octanol–water partition coefficient (Wildman–Crippen LogP) is -5.21. The Balaban J connectivity index is 0. The molecular formula is H15Al3O12. The molecule has 0 fully saturated rings. The van der Waals surface area contributed by atoms with Gasteiger partial charge in [0, 0.05) is 0 Å². The van der Waals surface area contributed by atoms with E-state index in [1.807, 2.05) is 0 Å². The Kier molecular flexibility index (Phi) is 475000. The third-order valence-corrected chi connectivity index (χ3v) is 0.